The zero-order valence-corrected chi connectivity index (χ0v) is 24.4. The van der Waals surface area contributed by atoms with Gasteiger partial charge in [0.25, 0.3) is 0 Å². The molecule has 0 aliphatic carbocycles. The van der Waals surface area contributed by atoms with Gasteiger partial charge in [0, 0.05) is 63.7 Å². The second kappa shape index (κ2) is 13.6. The first kappa shape index (κ1) is 28.0. The molecule has 2 aliphatic heterocycles. The number of hydrogen-bond acceptors (Lipinski definition) is 6. The summed E-state index contributed by atoms with van der Waals surface area (Å²) in [6.45, 7) is 6.90. The molecule has 2 aliphatic rings. The molecule has 0 amide bonds. The first-order valence-corrected chi connectivity index (χ1v) is 11.9. The molecule has 4 nitrogen and oxygen atoms in total. The Morgan fingerprint density at radius 1 is 0.576 bits per heavy atom. The van der Waals surface area contributed by atoms with Crippen LogP contribution in [0.15, 0.2) is 48.5 Å². The van der Waals surface area contributed by atoms with Crippen LogP contribution in [-0.4, -0.2) is 70.8 Å². The van der Waals surface area contributed by atoms with Crippen molar-refractivity contribution >= 4 is 69.7 Å². The first-order valence-electron chi connectivity index (χ1n) is 10.3. The van der Waals surface area contributed by atoms with Crippen LogP contribution in [0, 0.1) is 11.6 Å². The molecular weight excluding hydrogens is 552 g/mol. The fourth-order valence-electron chi connectivity index (χ4n) is 3.60. The average molecular weight is 576 g/mol. The predicted octanol–water partition coefficient (Wildman–Crippen LogP) is 3.56. The predicted molar refractivity (Wildman–Crippen MR) is 140 cm³/mol. The van der Waals surface area contributed by atoms with E-state index >= 15 is 0 Å². The molecule has 2 heterocycles. The number of halogens is 2. The summed E-state index contributed by atoms with van der Waals surface area (Å²) in [5.41, 5.74) is 2.10. The number of piperazine rings is 2. The summed E-state index contributed by atoms with van der Waals surface area (Å²) in [7, 11) is 0. The van der Waals surface area contributed by atoms with Crippen molar-refractivity contribution in [3.63, 3.8) is 0 Å². The standard InChI is InChI=1S/2C11H13FN2S2.Zn/c2*12-9-1-3-10(4-2-9)13-5-7-14(8-6-13)11(15)16;/h2*1-4H,5-8H2,(H,15,16);/q;;+2/p-2. The Balaban J connectivity index is 0.000000227. The van der Waals surface area contributed by atoms with Crippen LogP contribution in [0.1, 0.15) is 0 Å². The second-order valence-electron chi connectivity index (χ2n) is 7.43. The molecule has 11 heteroatoms. The van der Waals surface area contributed by atoms with E-state index in [2.05, 4.69) is 9.80 Å². The summed E-state index contributed by atoms with van der Waals surface area (Å²) < 4.78 is 26.6. The van der Waals surface area contributed by atoms with Crippen molar-refractivity contribution in [3.8, 4) is 0 Å². The summed E-state index contributed by atoms with van der Waals surface area (Å²) in [6, 6.07) is 13.2. The zero-order chi connectivity index (χ0) is 23.1. The number of hydrogen-bond donors (Lipinski definition) is 0. The van der Waals surface area contributed by atoms with E-state index in [0.29, 0.717) is 8.64 Å². The number of benzene rings is 2. The van der Waals surface area contributed by atoms with Crippen molar-refractivity contribution in [2.75, 3.05) is 62.2 Å². The van der Waals surface area contributed by atoms with Crippen LogP contribution in [0.3, 0.4) is 0 Å². The van der Waals surface area contributed by atoms with Crippen molar-refractivity contribution in [2.24, 2.45) is 0 Å². The smallest absolute Gasteiger partial charge is 0.411 e. The molecule has 2 saturated heterocycles. The minimum Gasteiger partial charge on any atom is -0.411 e. The number of nitrogens with zero attached hydrogens (tertiary/aromatic N) is 4. The van der Waals surface area contributed by atoms with Gasteiger partial charge in [-0.15, -0.1) is 0 Å². The van der Waals surface area contributed by atoms with E-state index < -0.39 is 0 Å². The summed E-state index contributed by atoms with van der Waals surface area (Å²) in [4.78, 5) is 8.46. The largest absolute Gasteiger partial charge is 2.00 e. The van der Waals surface area contributed by atoms with Gasteiger partial charge in [0.1, 0.15) is 11.6 Å². The number of rotatable bonds is 2. The molecule has 0 spiro atoms. The zero-order valence-electron chi connectivity index (χ0n) is 18.2. The molecule has 4 rings (SSSR count). The summed E-state index contributed by atoms with van der Waals surface area (Å²) in [5, 5.41) is 0. The van der Waals surface area contributed by atoms with Gasteiger partial charge < -0.3 is 69.3 Å². The van der Waals surface area contributed by atoms with Crippen LogP contribution in [-0.2, 0) is 44.7 Å². The Labute approximate surface area is 228 Å². The number of anilines is 2. The van der Waals surface area contributed by atoms with Gasteiger partial charge in [-0.05, 0) is 48.5 Å². The van der Waals surface area contributed by atoms with E-state index in [1.807, 2.05) is 9.80 Å². The van der Waals surface area contributed by atoms with Crippen molar-refractivity contribution in [3.05, 3.63) is 60.2 Å². The van der Waals surface area contributed by atoms with E-state index in [1.54, 1.807) is 24.3 Å². The van der Waals surface area contributed by atoms with Crippen molar-refractivity contribution in [2.45, 2.75) is 0 Å². The second-order valence-corrected chi connectivity index (χ2v) is 9.50. The minimum atomic E-state index is -0.200. The molecule has 0 atom stereocenters. The molecule has 0 saturated carbocycles. The molecule has 0 aromatic heterocycles. The molecule has 2 aromatic rings. The average Bonchev–Trinajstić information content (AvgIpc) is 2.81. The topological polar surface area (TPSA) is 13.0 Å². The molecule has 0 radical (unpaired) electrons. The summed E-state index contributed by atoms with van der Waals surface area (Å²) in [6.07, 6.45) is 0. The van der Waals surface area contributed by atoms with Gasteiger partial charge >= 0.3 is 19.5 Å². The minimum absolute atomic E-state index is 0. The van der Waals surface area contributed by atoms with E-state index in [0.717, 1.165) is 63.7 Å². The summed E-state index contributed by atoms with van der Waals surface area (Å²) in [5.74, 6) is -0.400. The maximum atomic E-state index is 12.8. The first-order chi connectivity index (χ1) is 15.3. The SMILES string of the molecule is Fc1ccc(N2CCN(C(=S)[S-])CC2)cc1.Fc1ccc(N2CCN(C(=S)[S-])CC2)cc1.[Zn+2]. The van der Waals surface area contributed by atoms with Crippen molar-refractivity contribution in [1.82, 2.24) is 9.80 Å². The van der Waals surface area contributed by atoms with E-state index in [-0.39, 0.29) is 31.1 Å². The fraction of sp³-hybridized carbons (Fsp3) is 0.364. The van der Waals surface area contributed by atoms with Crippen LogP contribution in [0.4, 0.5) is 20.2 Å². The molecule has 0 unspecified atom stereocenters. The van der Waals surface area contributed by atoms with E-state index in [4.69, 9.17) is 49.7 Å². The van der Waals surface area contributed by atoms with Crippen LogP contribution >= 0.6 is 24.4 Å². The van der Waals surface area contributed by atoms with Crippen molar-refractivity contribution in [1.29, 1.82) is 0 Å². The van der Waals surface area contributed by atoms with Gasteiger partial charge in [-0.1, -0.05) is 8.64 Å². The number of thiocarbonyl (C=S) groups is 2. The monoisotopic (exact) mass is 574 g/mol. The Bertz CT molecular complexity index is 826. The quantitative estimate of drug-likeness (QED) is 0.303. The molecule has 2 fully saturated rings. The molecule has 0 bridgehead atoms. The van der Waals surface area contributed by atoms with Gasteiger partial charge in [-0.3, -0.25) is 0 Å². The maximum absolute atomic E-state index is 12.8. The third-order valence-electron chi connectivity index (χ3n) is 5.46. The molecule has 33 heavy (non-hydrogen) atoms. The van der Waals surface area contributed by atoms with Crippen LogP contribution in [0.5, 0.6) is 0 Å². The van der Waals surface area contributed by atoms with Gasteiger partial charge in [0.2, 0.25) is 0 Å². The third kappa shape index (κ3) is 8.48. The van der Waals surface area contributed by atoms with Crippen LogP contribution in [0.2, 0.25) is 0 Å². The van der Waals surface area contributed by atoms with E-state index in [1.165, 1.54) is 24.3 Å². The van der Waals surface area contributed by atoms with Gasteiger partial charge in [0.15, 0.2) is 0 Å². The van der Waals surface area contributed by atoms with Crippen molar-refractivity contribution < 1.29 is 28.3 Å². The Morgan fingerprint density at radius 3 is 1.09 bits per heavy atom. The normalized spacial score (nSPS) is 15.8. The summed E-state index contributed by atoms with van der Waals surface area (Å²) >= 11 is 19.8. The van der Waals surface area contributed by atoms with Gasteiger partial charge in [-0.2, -0.15) is 0 Å². The van der Waals surface area contributed by atoms with E-state index in [9.17, 15) is 8.78 Å². The Kier molecular flexibility index (Phi) is 11.5. The van der Waals surface area contributed by atoms with Gasteiger partial charge in [0.05, 0.1) is 0 Å². The molecule has 172 valence electrons. The Hall–Kier alpha value is -1.26. The van der Waals surface area contributed by atoms with Gasteiger partial charge in [-0.25, -0.2) is 8.78 Å². The molecule has 0 N–H and O–H groups in total. The van der Waals surface area contributed by atoms with Crippen LogP contribution in [0.25, 0.3) is 0 Å². The fourth-order valence-corrected chi connectivity index (χ4v) is 4.33. The molecular formula is C22H24F2N4S4Zn. The third-order valence-corrected chi connectivity index (χ3v) is 6.49. The van der Waals surface area contributed by atoms with Crippen LogP contribution < -0.4 is 9.80 Å². The maximum Gasteiger partial charge on any atom is 2.00 e. The molecule has 2 aromatic carbocycles. The Morgan fingerprint density at radius 2 is 0.848 bits per heavy atom.